The number of hydrogen-bond acceptors (Lipinski definition) is 1. The van der Waals surface area contributed by atoms with Crippen LogP contribution in [0.3, 0.4) is 0 Å². The van der Waals surface area contributed by atoms with E-state index in [4.69, 9.17) is 0 Å². The van der Waals surface area contributed by atoms with Crippen LogP contribution in [0, 0.1) is 6.92 Å². The van der Waals surface area contributed by atoms with Crippen molar-refractivity contribution >= 4 is 17.1 Å². The second-order valence-corrected chi connectivity index (χ2v) is 2.43. The summed E-state index contributed by atoms with van der Waals surface area (Å²) in [5.74, 6) is 0. The SMILES string of the molecule is Cc1ccc2c3c1N23. The Kier molecular flexibility index (Phi) is 0.231. The van der Waals surface area contributed by atoms with Crippen molar-refractivity contribution in [2.75, 3.05) is 4.90 Å². The standard InChI is InChI=1S/C7H5N/c1-4-2-3-5-7-6(4)8(5)7/h2-3H,1H3. The van der Waals surface area contributed by atoms with Gasteiger partial charge in [0, 0.05) is 0 Å². The van der Waals surface area contributed by atoms with Crippen molar-refractivity contribution in [2.24, 2.45) is 0 Å². The molecule has 0 amide bonds. The highest BCUT2D eigenvalue weighted by molar-refractivity contribution is 6.25. The first-order valence-electron chi connectivity index (χ1n) is 2.83. The summed E-state index contributed by atoms with van der Waals surface area (Å²) in [4.78, 5) is 2.29. The van der Waals surface area contributed by atoms with Crippen LogP contribution in [0.4, 0.5) is 17.1 Å². The molecule has 1 aromatic carbocycles. The fraction of sp³-hybridized carbons (Fsp3) is 0.143. The van der Waals surface area contributed by atoms with Crippen molar-refractivity contribution in [1.82, 2.24) is 0 Å². The lowest BCUT2D eigenvalue weighted by atomic mass is 10.2. The fourth-order valence-electron chi connectivity index (χ4n) is 1.33. The van der Waals surface area contributed by atoms with Crippen LogP contribution in [0.1, 0.15) is 5.56 Å². The normalized spacial score (nSPS) is 15.9. The van der Waals surface area contributed by atoms with E-state index < -0.39 is 0 Å². The molecule has 1 heteroatoms. The molecule has 0 N–H and O–H groups in total. The largest absolute Gasteiger partial charge is 0.302 e. The maximum absolute atomic E-state index is 2.29. The minimum Gasteiger partial charge on any atom is -0.302 e. The van der Waals surface area contributed by atoms with Gasteiger partial charge in [-0.1, -0.05) is 6.07 Å². The lowest BCUT2D eigenvalue weighted by molar-refractivity contribution is 1.47. The number of aryl methyl sites for hydroxylation is 1. The molecule has 1 nitrogen and oxygen atoms in total. The van der Waals surface area contributed by atoms with Crippen LogP contribution in [0.15, 0.2) is 12.1 Å². The van der Waals surface area contributed by atoms with Gasteiger partial charge in [0.15, 0.2) is 0 Å². The zero-order chi connectivity index (χ0) is 5.30. The Bertz CT molecular complexity index is 289. The molecule has 8 heavy (non-hydrogen) atoms. The van der Waals surface area contributed by atoms with Crippen LogP contribution in [0.2, 0.25) is 0 Å². The molecule has 3 aliphatic rings. The van der Waals surface area contributed by atoms with Gasteiger partial charge in [-0.25, -0.2) is 0 Å². The molecule has 0 atom stereocenters. The predicted octanol–water partition coefficient (Wildman–Crippen LogP) is 2.09. The minimum absolute atomic E-state index is 1.43. The third-order valence-electron chi connectivity index (χ3n) is 1.92. The molecule has 0 saturated heterocycles. The van der Waals surface area contributed by atoms with Gasteiger partial charge in [0.1, 0.15) is 0 Å². The van der Waals surface area contributed by atoms with Gasteiger partial charge in [0.05, 0.1) is 17.1 Å². The summed E-state index contributed by atoms with van der Waals surface area (Å²) >= 11 is 0. The number of hydrogen-bond donors (Lipinski definition) is 0. The molecule has 0 aliphatic carbocycles. The van der Waals surface area contributed by atoms with Crippen molar-refractivity contribution in [3.63, 3.8) is 0 Å². The number of anilines is 3. The lowest BCUT2D eigenvalue weighted by Crippen LogP contribution is -1.78. The van der Waals surface area contributed by atoms with Gasteiger partial charge in [-0.05, 0) is 18.6 Å². The highest BCUT2D eigenvalue weighted by Gasteiger charge is 2.50. The summed E-state index contributed by atoms with van der Waals surface area (Å²) in [6.45, 7) is 2.15. The Hall–Kier alpha value is -0.980. The zero-order valence-electron chi connectivity index (χ0n) is 4.60. The molecular weight excluding hydrogens is 98.1 g/mol. The van der Waals surface area contributed by atoms with Crippen molar-refractivity contribution in [3.8, 4) is 0 Å². The summed E-state index contributed by atoms with van der Waals surface area (Å²) in [7, 11) is 0. The molecule has 0 radical (unpaired) electrons. The lowest BCUT2D eigenvalue weighted by Gasteiger charge is -1.94. The van der Waals surface area contributed by atoms with Crippen LogP contribution < -0.4 is 4.90 Å². The molecular formula is C7H5N. The number of fused-ring (bicyclic) bond motifs is 2. The Morgan fingerprint density at radius 2 is 2.00 bits per heavy atom. The first kappa shape index (κ1) is 3.13. The molecule has 0 fully saturated rings. The molecule has 38 valence electrons. The first-order chi connectivity index (χ1) is 3.89. The Balaban J connectivity index is 2.55. The quantitative estimate of drug-likeness (QED) is 0.394. The Morgan fingerprint density at radius 3 is 2.38 bits per heavy atom. The van der Waals surface area contributed by atoms with Crippen molar-refractivity contribution in [3.05, 3.63) is 17.7 Å². The summed E-state index contributed by atoms with van der Waals surface area (Å²) in [5.41, 5.74) is 5.87. The average molecular weight is 103 g/mol. The molecule has 3 aliphatic heterocycles. The summed E-state index contributed by atoms with van der Waals surface area (Å²) in [5, 5.41) is 0. The topological polar surface area (TPSA) is 3.01 Å². The van der Waals surface area contributed by atoms with E-state index in [2.05, 4.69) is 24.0 Å². The van der Waals surface area contributed by atoms with Gasteiger partial charge in [-0.3, -0.25) is 0 Å². The molecule has 1 aromatic rings. The number of nitrogens with zero attached hydrogens (tertiary/aromatic N) is 1. The van der Waals surface area contributed by atoms with E-state index in [9.17, 15) is 0 Å². The molecule has 3 heterocycles. The van der Waals surface area contributed by atoms with E-state index >= 15 is 0 Å². The second kappa shape index (κ2) is 0.591. The summed E-state index contributed by atoms with van der Waals surface area (Å²) in [6.07, 6.45) is 0. The minimum atomic E-state index is 1.43. The third-order valence-corrected chi connectivity index (χ3v) is 1.92. The predicted molar refractivity (Wildman–Crippen MR) is 33.0 cm³/mol. The maximum Gasteiger partial charge on any atom is 0.0950 e. The van der Waals surface area contributed by atoms with Crippen LogP contribution in [-0.4, -0.2) is 0 Å². The van der Waals surface area contributed by atoms with E-state index in [0.29, 0.717) is 0 Å². The van der Waals surface area contributed by atoms with E-state index in [0.717, 1.165) is 0 Å². The van der Waals surface area contributed by atoms with E-state index in [1.165, 1.54) is 22.6 Å². The van der Waals surface area contributed by atoms with Gasteiger partial charge in [-0.15, -0.1) is 0 Å². The van der Waals surface area contributed by atoms with Crippen LogP contribution in [-0.2, 0) is 0 Å². The third kappa shape index (κ3) is 0.141. The van der Waals surface area contributed by atoms with Crippen LogP contribution >= 0.6 is 0 Å². The summed E-state index contributed by atoms with van der Waals surface area (Å²) in [6, 6.07) is 4.36. The van der Waals surface area contributed by atoms with E-state index in [1.807, 2.05) is 0 Å². The van der Waals surface area contributed by atoms with Crippen LogP contribution in [0.5, 0.6) is 0 Å². The molecule has 0 spiro atoms. The highest BCUT2D eigenvalue weighted by atomic mass is 15.4. The zero-order valence-corrected chi connectivity index (χ0v) is 4.60. The highest BCUT2D eigenvalue weighted by Crippen LogP contribution is 2.75. The smallest absolute Gasteiger partial charge is 0.0950 e. The van der Waals surface area contributed by atoms with Gasteiger partial charge < -0.3 is 4.90 Å². The molecule has 0 unspecified atom stereocenters. The average Bonchev–Trinajstić information content (AvgIpc) is 2.48. The van der Waals surface area contributed by atoms with E-state index in [-0.39, 0.29) is 0 Å². The van der Waals surface area contributed by atoms with Crippen molar-refractivity contribution < 1.29 is 0 Å². The number of rotatable bonds is 0. The van der Waals surface area contributed by atoms with Crippen LogP contribution in [0.25, 0.3) is 0 Å². The monoisotopic (exact) mass is 103 g/mol. The summed E-state index contributed by atoms with van der Waals surface area (Å²) < 4.78 is 0. The Morgan fingerprint density at radius 1 is 1.25 bits per heavy atom. The Labute approximate surface area is 47.5 Å². The fourth-order valence-corrected chi connectivity index (χ4v) is 1.33. The van der Waals surface area contributed by atoms with Gasteiger partial charge in [0.2, 0.25) is 0 Å². The van der Waals surface area contributed by atoms with Gasteiger partial charge >= 0.3 is 0 Å². The first-order valence-corrected chi connectivity index (χ1v) is 2.83. The molecule has 2 bridgehead atoms. The van der Waals surface area contributed by atoms with Crippen molar-refractivity contribution in [2.45, 2.75) is 6.92 Å². The van der Waals surface area contributed by atoms with E-state index in [1.54, 1.807) is 0 Å². The van der Waals surface area contributed by atoms with Gasteiger partial charge in [0.25, 0.3) is 0 Å². The molecule has 0 saturated carbocycles. The number of benzene rings is 1. The van der Waals surface area contributed by atoms with Gasteiger partial charge in [-0.2, -0.15) is 0 Å². The second-order valence-electron chi connectivity index (χ2n) is 2.43. The molecule has 4 rings (SSSR count). The molecule has 0 aromatic heterocycles. The maximum atomic E-state index is 2.29. The van der Waals surface area contributed by atoms with Crippen molar-refractivity contribution in [1.29, 1.82) is 0 Å².